The molecule has 0 aliphatic rings. The van der Waals surface area contributed by atoms with Gasteiger partial charge >= 0.3 is 17.9 Å². The van der Waals surface area contributed by atoms with Crippen LogP contribution in [0, 0.1) is 0 Å². The van der Waals surface area contributed by atoms with Gasteiger partial charge in [-0.2, -0.15) is 0 Å². The molecule has 6 heteroatoms. The zero-order valence-electron chi connectivity index (χ0n) is 42.6. The summed E-state index contributed by atoms with van der Waals surface area (Å²) in [6, 6.07) is 0. The number of ether oxygens (including phenoxy) is 3. The smallest absolute Gasteiger partial charge is 0.306 e. The van der Waals surface area contributed by atoms with Crippen LogP contribution in [-0.4, -0.2) is 37.2 Å². The van der Waals surface area contributed by atoms with Crippen LogP contribution >= 0.6 is 0 Å². The minimum atomic E-state index is -0.781. The summed E-state index contributed by atoms with van der Waals surface area (Å²) in [4.78, 5) is 38.0. The molecule has 0 aliphatic carbocycles. The Kier molecular flexibility index (Phi) is 50.8. The zero-order chi connectivity index (χ0) is 46.5. The van der Waals surface area contributed by atoms with Gasteiger partial charge in [0.1, 0.15) is 13.2 Å². The van der Waals surface area contributed by atoms with Crippen LogP contribution in [0.5, 0.6) is 0 Å². The molecule has 0 rings (SSSR count). The molecule has 0 unspecified atom stereocenters. The van der Waals surface area contributed by atoms with Gasteiger partial charge in [-0.25, -0.2) is 0 Å². The van der Waals surface area contributed by atoms with Crippen molar-refractivity contribution in [3.8, 4) is 0 Å². The predicted octanol–water partition coefficient (Wildman–Crippen LogP) is 18.3. The fourth-order valence-electron chi connectivity index (χ4n) is 7.81. The van der Waals surface area contributed by atoms with E-state index in [9.17, 15) is 14.4 Å². The van der Waals surface area contributed by atoms with Gasteiger partial charge in [0.2, 0.25) is 0 Å². The molecular weight excluding hydrogens is 793 g/mol. The lowest BCUT2D eigenvalue weighted by Crippen LogP contribution is -2.30. The van der Waals surface area contributed by atoms with E-state index < -0.39 is 6.10 Å². The summed E-state index contributed by atoms with van der Waals surface area (Å²) >= 11 is 0. The highest BCUT2D eigenvalue weighted by atomic mass is 16.6. The normalized spacial score (nSPS) is 12.4. The number of allylic oxidation sites excluding steroid dienone is 8. The fourth-order valence-corrected chi connectivity index (χ4v) is 7.81. The minimum absolute atomic E-state index is 0.0801. The first-order valence-corrected chi connectivity index (χ1v) is 27.6. The lowest BCUT2D eigenvalue weighted by Gasteiger charge is -2.18. The van der Waals surface area contributed by atoms with Crippen molar-refractivity contribution in [1.29, 1.82) is 0 Å². The largest absolute Gasteiger partial charge is 0.462 e. The van der Waals surface area contributed by atoms with Gasteiger partial charge in [-0.3, -0.25) is 14.4 Å². The van der Waals surface area contributed by atoms with Crippen LogP contribution in [-0.2, 0) is 28.6 Å². The monoisotopic (exact) mass is 897 g/mol. The van der Waals surface area contributed by atoms with Crippen molar-refractivity contribution in [2.45, 2.75) is 290 Å². The highest BCUT2D eigenvalue weighted by Gasteiger charge is 2.19. The third kappa shape index (κ3) is 50.4. The first-order chi connectivity index (χ1) is 31.5. The van der Waals surface area contributed by atoms with Gasteiger partial charge in [-0.15, -0.1) is 0 Å². The van der Waals surface area contributed by atoms with Crippen LogP contribution in [0.3, 0.4) is 0 Å². The highest BCUT2D eigenvalue weighted by molar-refractivity contribution is 5.71. The summed E-state index contributed by atoms with van der Waals surface area (Å²) in [5, 5.41) is 0. The summed E-state index contributed by atoms with van der Waals surface area (Å²) in [5.74, 6) is -0.892. The second-order valence-electron chi connectivity index (χ2n) is 18.5. The quantitative estimate of drug-likeness (QED) is 0.0262. The maximum absolute atomic E-state index is 12.8. The molecule has 0 bridgehead atoms. The number of rotatable bonds is 50. The Morgan fingerprint density at radius 2 is 0.562 bits per heavy atom. The van der Waals surface area contributed by atoms with Gasteiger partial charge in [0.25, 0.3) is 0 Å². The summed E-state index contributed by atoms with van der Waals surface area (Å²) in [7, 11) is 0. The Morgan fingerprint density at radius 1 is 0.312 bits per heavy atom. The molecule has 0 saturated heterocycles. The number of carbonyl (C=O) groups excluding carboxylic acids is 3. The molecule has 0 aromatic carbocycles. The molecule has 0 heterocycles. The van der Waals surface area contributed by atoms with Crippen LogP contribution in [0.1, 0.15) is 284 Å². The van der Waals surface area contributed by atoms with E-state index in [1.54, 1.807) is 0 Å². The molecule has 0 amide bonds. The summed E-state index contributed by atoms with van der Waals surface area (Å²) < 4.78 is 16.8. The van der Waals surface area contributed by atoms with E-state index >= 15 is 0 Å². The number of hydrogen-bond donors (Lipinski definition) is 0. The third-order valence-electron chi connectivity index (χ3n) is 12.0. The molecule has 0 fully saturated rings. The second kappa shape index (κ2) is 53.0. The molecule has 0 saturated carbocycles. The lowest BCUT2D eigenvalue weighted by molar-refractivity contribution is -0.167. The van der Waals surface area contributed by atoms with Crippen LogP contribution in [0.25, 0.3) is 0 Å². The van der Waals surface area contributed by atoms with Gasteiger partial charge in [0, 0.05) is 19.3 Å². The van der Waals surface area contributed by atoms with Crippen LogP contribution in [0.4, 0.5) is 0 Å². The molecule has 0 N–H and O–H groups in total. The van der Waals surface area contributed by atoms with Crippen molar-refractivity contribution in [3.63, 3.8) is 0 Å². The van der Waals surface area contributed by atoms with E-state index in [2.05, 4.69) is 69.4 Å². The Balaban J connectivity index is 4.36. The Bertz CT molecular complexity index is 1120. The molecular formula is C58H104O6. The van der Waals surface area contributed by atoms with E-state index in [4.69, 9.17) is 14.2 Å². The molecule has 372 valence electrons. The third-order valence-corrected chi connectivity index (χ3v) is 12.0. The maximum atomic E-state index is 12.8. The summed E-state index contributed by atoms with van der Waals surface area (Å²) in [6.45, 7) is 6.59. The Labute approximate surface area is 397 Å². The SMILES string of the molecule is CCCCC/C=C/C/C=C/CCCCCCCCCCCC(=O)OC[C@@H](COC(=O)CCCCCCC/C=C/CCCCCC)OC(=O)CCCCCCC/C=C/CCCCCCC. The molecule has 0 spiro atoms. The van der Waals surface area contributed by atoms with Crippen LogP contribution in [0.15, 0.2) is 48.6 Å². The Morgan fingerprint density at radius 3 is 0.922 bits per heavy atom. The molecule has 0 radical (unpaired) electrons. The maximum Gasteiger partial charge on any atom is 0.306 e. The second-order valence-corrected chi connectivity index (χ2v) is 18.5. The highest BCUT2D eigenvalue weighted by Crippen LogP contribution is 2.15. The van der Waals surface area contributed by atoms with Gasteiger partial charge < -0.3 is 14.2 Å². The molecule has 0 aliphatic heterocycles. The van der Waals surface area contributed by atoms with Gasteiger partial charge in [0.05, 0.1) is 0 Å². The van der Waals surface area contributed by atoms with E-state index in [1.807, 2.05) is 0 Å². The molecule has 0 aromatic rings. The first-order valence-electron chi connectivity index (χ1n) is 27.6. The zero-order valence-corrected chi connectivity index (χ0v) is 42.6. The molecule has 0 aromatic heterocycles. The fraction of sp³-hybridized carbons (Fsp3) is 0.810. The molecule has 64 heavy (non-hydrogen) atoms. The lowest BCUT2D eigenvalue weighted by atomic mass is 10.1. The number of esters is 3. The Hall–Kier alpha value is -2.63. The van der Waals surface area contributed by atoms with E-state index in [0.29, 0.717) is 19.3 Å². The first kappa shape index (κ1) is 61.4. The van der Waals surface area contributed by atoms with Crippen LogP contribution in [0.2, 0.25) is 0 Å². The van der Waals surface area contributed by atoms with E-state index in [-0.39, 0.29) is 31.1 Å². The predicted molar refractivity (Wildman–Crippen MR) is 275 cm³/mol. The molecule has 6 nitrogen and oxygen atoms in total. The van der Waals surface area contributed by atoms with Crippen molar-refractivity contribution in [1.82, 2.24) is 0 Å². The average molecular weight is 897 g/mol. The van der Waals surface area contributed by atoms with E-state index in [0.717, 1.165) is 83.5 Å². The molecule has 1 atom stereocenters. The minimum Gasteiger partial charge on any atom is -0.462 e. The number of unbranched alkanes of at least 4 members (excludes halogenated alkanes) is 31. The van der Waals surface area contributed by atoms with Crippen molar-refractivity contribution in [2.24, 2.45) is 0 Å². The van der Waals surface area contributed by atoms with Gasteiger partial charge in [-0.1, -0.05) is 211 Å². The van der Waals surface area contributed by atoms with Crippen molar-refractivity contribution < 1.29 is 28.6 Å². The van der Waals surface area contributed by atoms with E-state index in [1.165, 1.54) is 161 Å². The number of hydrogen-bond acceptors (Lipinski definition) is 6. The topological polar surface area (TPSA) is 78.9 Å². The van der Waals surface area contributed by atoms with Crippen molar-refractivity contribution in [3.05, 3.63) is 48.6 Å². The average Bonchev–Trinajstić information content (AvgIpc) is 3.29. The number of carbonyl (C=O) groups is 3. The van der Waals surface area contributed by atoms with Crippen LogP contribution < -0.4 is 0 Å². The van der Waals surface area contributed by atoms with Crippen molar-refractivity contribution in [2.75, 3.05) is 13.2 Å². The standard InChI is InChI=1S/C58H104O6/c1-4-7-10-13-16-19-22-25-27-28-29-30-31-34-36-39-42-45-48-51-57(60)63-54-55(53-62-56(59)50-47-44-41-38-35-32-24-21-18-15-12-9-6-3)64-58(61)52-49-46-43-40-37-33-26-23-20-17-14-11-8-5-2/h16,19,21,23-27,55H,4-15,17-18,20,22,28-54H2,1-3H3/b19-16+,24-21+,26-23+,27-25+/t55-/m1/s1. The summed E-state index contributed by atoms with van der Waals surface area (Å²) in [6.07, 6.45) is 63.8. The summed E-state index contributed by atoms with van der Waals surface area (Å²) in [5.41, 5.74) is 0. The van der Waals surface area contributed by atoms with Crippen molar-refractivity contribution >= 4 is 17.9 Å². The van der Waals surface area contributed by atoms with Gasteiger partial charge in [0.15, 0.2) is 6.10 Å². The van der Waals surface area contributed by atoms with Gasteiger partial charge in [-0.05, 0) is 103 Å².